The summed E-state index contributed by atoms with van der Waals surface area (Å²) in [5, 5.41) is 0. The van der Waals surface area contributed by atoms with Gasteiger partial charge >= 0.3 is 0 Å². The zero-order chi connectivity index (χ0) is 22.5. The minimum atomic E-state index is -3.65. The summed E-state index contributed by atoms with van der Waals surface area (Å²) in [6.45, 7) is 6.41. The van der Waals surface area contributed by atoms with Gasteiger partial charge in [-0.05, 0) is 41.3 Å². The summed E-state index contributed by atoms with van der Waals surface area (Å²) >= 11 is 1.36. The van der Waals surface area contributed by atoms with Crippen molar-refractivity contribution in [3.8, 4) is 0 Å². The predicted molar refractivity (Wildman–Crippen MR) is 119 cm³/mol. The lowest BCUT2D eigenvalue weighted by atomic mass is 9.87. The molecule has 0 fully saturated rings. The summed E-state index contributed by atoms with van der Waals surface area (Å²) in [5.41, 5.74) is 6.06. The summed E-state index contributed by atoms with van der Waals surface area (Å²) in [5.74, 6) is -0.839. The maximum Gasteiger partial charge on any atom is 0.269 e. The fourth-order valence-electron chi connectivity index (χ4n) is 2.44. The van der Waals surface area contributed by atoms with Crippen molar-refractivity contribution < 1.29 is 18.0 Å². The van der Waals surface area contributed by atoms with E-state index in [9.17, 15) is 18.0 Å². The number of nitrogens with zero attached hydrogens (tertiary/aromatic N) is 1. The lowest BCUT2D eigenvalue weighted by Gasteiger charge is -2.19. The van der Waals surface area contributed by atoms with Gasteiger partial charge < -0.3 is 0 Å². The van der Waals surface area contributed by atoms with Gasteiger partial charge in [0.25, 0.3) is 5.91 Å². The van der Waals surface area contributed by atoms with Crippen molar-refractivity contribution in [2.75, 3.05) is 19.8 Å². The van der Waals surface area contributed by atoms with Crippen LogP contribution in [0.3, 0.4) is 0 Å². The van der Waals surface area contributed by atoms with E-state index in [4.69, 9.17) is 0 Å². The number of hydrazine groups is 1. The van der Waals surface area contributed by atoms with E-state index in [2.05, 4.69) is 31.6 Å². The molecule has 7 nitrogen and oxygen atoms in total. The van der Waals surface area contributed by atoms with Crippen LogP contribution in [0.4, 0.5) is 0 Å². The molecule has 0 bridgehead atoms. The van der Waals surface area contributed by atoms with Crippen LogP contribution in [0.15, 0.2) is 58.3 Å². The molecule has 2 amide bonds. The van der Waals surface area contributed by atoms with Crippen LogP contribution in [0.2, 0.25) is 0 Å². The molecular formula is C21H27N3O4S2. The molecule has 0 spiro atoms. The Morgan fingerprint density at radius 1 is 1.00 bits per heavy atom. The molecule has 162 valence electrons. The molecule has 2 aromatic carbocycles. The zero-order valence-electron chi connectivity index (χ0n) is 17.7. The largest absolute Gasteiger partial charge is 0.272 e. The topological polar surface area (TPSA) is 95.6 Å². The van der Waals surface area contributed by atoms with Crippen molar-refractivity contribution in [1.82, 2.24) is 15.2 Å². The van der Waals surface area contributed by atoms with Crippen molar-refractivity contribution in [1.29, 1.82) is 0 Å². The number of carbonyl (C=O) groups is 2. The minimum absolute atomic E-state index is 0.000681. The number of hydrogen-bond donors (Lipinski definition) is 2. The fraction of sp³-hybridized carbons (Fsp3) is 0.333. The third-order valence-corrected chi connectivity index (χ3v) is 7.10. The summed E-state index contributed by atoms with van der Waals surface area (Å²) in [6.07, 6.45) is 0. The number of hydrogen-bond acceptors (Lipinski definition) is 5. The van der Waals surface area contributed by atoms with Crippen LogP contribution < -0.4 is 10.9 Å². The average molecular weight is 450 g/mol. The molecule has 0 heterocycles. The zero-order valence-corrected chi connectivity index (χ0v) is 19.4. The van der Waals surface area contributed by atoms with Gasteiger partial charge in [-0.3, -0.25) is 20.4 Å². The van der Waals surface area contributed by atoms with Gasteiger partial charge in [-0.15, -0.1) is 11.8 Å². The highest BCUT2D eigenvalue weighted by atomic mass is 32.2. The van der Waals surface area contributed by atoms with Crippen LogP contribution >= 0.6 is 11.8 Å². The molecule has 0 aliphatic rings. The number of thioether (sulfide) groups is 1. The van der Waals surface area contributed by atoms with E-state index < -0.39 is 15.9 Å². The molecule has 9 heteroatoms. The van der Waals surface area contributed by atoms with Gasteiger partial charge in [-0.1, -0.05) is 39.0 Å². The molecule has 0 radical (unpaired) electrons. The lowest BCUT2D eigenvalue weighted by molar-refractivity contribution is -0.119. The molecule has 0 saturated heterocycles. The second-order valence-corrected chi connectivity index (χ2v) is 11.1. The van der Waals surface area contributed by atoms with Crippen LogP contribution in [0, 0.1) is 0 Å². The molecule has 0 saturated carbocycles. The number of sulfonamides is 1. The van der Waals surface area contributed by atoms with E-state index in [0.29, 0.717) is 0 Å². The molecule has 0 unspecified atom stereocenters. The minimum Gasteiger partial charge on any atom is -0.272 e. The summed E-state index contributed by atoms with van der Waals surface area (Å²) in [7, 11) is -0.827. The van der Waals surface area contributed by atoms with E-state index in [-0.39, 0.29) is 27.5 Å². The number of carbonyl (C=O) groups excluding carboxylic acids is 2. The second-order valence-electron chi connectivity index (χ2n) is 7.88. The molecule has 2 rings (SSSR count). The molecule has 0 atom stereocenters. The summed E-state index contributed by atoms with van der Waals surface area (Å²) in [4.78, 5) is 25.3. The van der Waals surface area contributed by atoms with Gasteiger partial charge in [0.05, 0.1) is 10.6 Å². The Balaban J connectivity index is 1.90. The maximum absolute atomic E-state index is 12.3. The third-order valence-electron chi connectivity index (χ3n) is 4.28. The molecule has 0 aliphatic carbocycles. The first-order valence-electron chi connectivity index (χ1n) is 9.26. The molecule has 2 aromatic rings. The van der Waals surface area contributed by atoms with Crippen molar-refractivity contribution >= 4 is 33.6 Å². The van der Waals surface area contributed by atoms with Gasteiger partial charge in [-0.25, -0.2) is 12.7 Å². The average Bonchev–Trinajstić information content (AvgIpc) is 2.70. The monoisotopic (exact) mass is 449 g/mol. The highest BCUT2D eigenvalue weighted by molar-refractivity contribution is 8.00. The number of amides is 2. The van der Waals surface area contributed by atoms with Crippen LogP contribution in [0.5, 0.6) is 0 Å². The van der Waals surface area contributed by atoms with Gasteiger partial charge in [0.1, 0.15) is 0 Å². The third kappa shape index (κ3) is 6.32. The van der Waals surface area contributed by atoms with Crippen LogP contribution in [0.1, 0.15) is 36.7 Å². The predicted octanol–water partition coefficient (Wildman–Crippen LogP) is 2.79. The highest BCUT2D eigenvalue weighted by Gasteiger charge is 2.19. The van der Waals surface area contributed by atoms with Crippen molar-refractivity contribution in [2.24, 2.45) is 0 Å². The van der Waals surface area contributed by atoms with Crippen molar-refractivity contribution in [3.05, 3.63) is 59.7 Å². The van der Waals surface area contributed by atoms with E-state index in [1.54, 1.807) is 0 Å². The number of nitrogens with one attached hydrogen (secondary N) is 2. The first-order valence-corrected chi connectivity index (χ1v) is 11.7. The normalized spacial score (nSPS) is 11.9. The van der Waals surface area contributed by atoms with Crippen LogP contribution in [0.25, 0.3) is 0 Å². The lowest BCUT2D eigenvalue weighted by Crippen LogP contribution is -2.42. The first-order chi connectivity index (χ1) is 13.9. The Hall–Kier alpha value is -2.36. The van der Waals surface area contributed by atoms with E-state index >= 15 is 0 Å². The van der Waals surface area contributed by atoms with Gasteiger partial charge in [0.15, 0.2) is 0 Å². The summed E-state index contributed by atoms with van der Waals surface area (Å²) < 4.78 is 25.4. The Bertz CT molecular complexity index is 1010. The molecule has 0 aromatic heterocycles. The highest BCUT2D eigenvalue weighted by Crippen LogP contribution is 2.25. The summed E-state index contributed by atoms with van der Waals surface area (Å²) in [6, 6.07) is 13.6. The van der Waals surface area contributed by atoms with Gasteiger partial charge in [-0.2, -0.15) is 0 Å². The van der Waals surface area contributed by atoms with Crippen molar-refractivity contribution in [2.45, 2.75) is 36.0 Å². The Labute approximate surface area is 182 Å². The van der Waals surface area contributed by atoms with E-state index in [0.717, 1.165) is 9.20 Å². The van der Waals surface area contributed by atoms with Crippen LogP contribution in [-0.4, -0.2) is 44.4 Å². The number of benzene rings is 2. The SMILES string of the molecule is CN(C)S(=O)(=O)c1cccc(C(=O)NNC(=O)CSc2ccc(C(C)(C)C)cc2)c1. The molecule has 30 heavy (non-hydrogen) atoms. The molecule has 2 N–H and O–H groups in total. The number of rotatable bonds is 6. The standard InChI is InChI=1S/C21H27N3O4S2/c1-21(2,3)16-9-11-17(12-10-16)29-14-19(25)22-23-20(26)15-7-6-8-18(13-15)30(27,28)24(4)5/h6-13H,14H2,1-5H3,(H,22,25)(H,23,26). The van der Waals surface area contributed by atoms with E-state index in [1.807, 2.05) is 24.3 Å². The fourth-order valence-corrected chi connectivity index (χ4v) is 4.09. The Kier molecular flexibility index (Phi) is 7.68. The Morgan fingerprint density at radius 2 is 1.63 bits per heavy atom. The maximum atomic E-state index is 12.3. The molecular weight excluding hydrogens is 422 g/mol. The first kappa shape index (κ1) is 23.9. The quantitative estimate of drug-likeness (QED) is 0.522. The van der Waals surface area contributed by atoms with E-state index in [1.165, 1.54) is 55.7 Å². The Morgan fingerprint density at radius 3 is 2.20 bits per heavy atom. The smallest absolute Gasteiger partial charge is 0.269 e. The van der Waals surface area contributed by atoms with Crippen molar-refractivity contribution in [3.63, 3.8) is 0 Å². The van der Waals surface area contributed by atoms with Gasteiger partial charge in [0, 0.05) is 24.6 Å². The second kappa shape index (κ2) is 9.63. The molecule has 0 aliphatic heterocycles. The van der Waals surface area contributed by atoms with Gasteiger partial charge in [0.2, 0.25) is 15.9 Å². The van der Waals surface area contributed by atoms with Crippen LogP contribution in [-0.2, 0) is 20.2 Å².